The lowest BCUT2D eigenvalue weighted by molar-refractivity contribution is -0.118. The molecule has 0 aromatic heterocycles. The zero-order chi connectivity index (χ0) is 13.1. The Kier molecular flexibility index (Phi) is 3.75. The third-order valence-electron chi connectivity index (χ3n) is 3.45. The molecule has 0 saturated heterocycles. The molecular formula is C14H19NO3. The SMILES string of the molecule is COc1ccc(OC)c(C(CC(N)=O)C2CC2)c1. The van der Waals surface area contributed by atoms with E-state index in [1.807, 2.05) is 18.2 Å². The molecule has 2 rings (SSSR count). The summed E-state index contributed by atoms with van der Waals surface area (Å²) in [5.74, 6) is 2.00. The van der Waals surface area contributed by atoms with Crippen molar-refractivity contribution in [3.8, 4) is 11.5 Å². The molecule has 18 heavy (non-hydrogen) atoms. The van der Waals surface area contributed by atoms with Crippen molar-refractivity contribution >= 4 is 5.91 Å². The Bertz CT molecular complexity index is 441. The van der Waals surface area contributed by atoms with Crippen LogP contribution in [0.15, 0.2) is 18.2 Å². The van der Waals surface area contributed by atoms with Crippen LogP contribution in [0.5, 0.6) is 11.5 Å². The smallest absolute Gasteiger partial charge is 0.218 e. The number of primary amides is 1. The molecule has 1 aromatic rings. The van der Waals surface area contributed by atoms with E-state index in [0.29, 0.717) is 12.3 Å². The van der Waals surface area contributed by atoms with Crippen LogP contribution < -0.4 is 15.2 Å². The molecule has 0 heterocycles. The number of rotatable bonds is 6. The lowest BCUT2D eigenvalue weighted by atomic mass is 9.90. The second kappa shape index (κ2) is 5.29. The van der Waals surface area contributed by atoms with E-state index in [9.17, 15) is 4.79 Å². The molecule has 1 amide bonds. The second-order valence-corrected chi connectivity index (χ2v) is 4.72. The van der Waals surface area contributed by atoms with Crippen molar-refractivity contribution in [1.82, 2.24) is 0 Å². The van der Waals surface area contributed by atoms with E-state index in [0.717, 1.165) is 29.9 Å². The Morgan fingerprint density at radius 1 is 1.39 bits per heavy atom. The van der Waals surface area contributed by atoms with Crippen molar-refractivity contribution in [1.29, 1.82) is 0 Å². The topological polar surface area (TPSA) is 61.6 Å². The molecular weight excluding hydrogens is 230 g/mol. The summed E-state index contributed by atoms with van der Waals surface area (Å²) in [6.07, 6.45) is 2.67. The molecule has 2 N–H and O–H groups in total. The lowest BCUT2D eigenvalue weighted by Gasteiger charge is -2.19. The Morgan fingerprint density at radius 3 is 2.61 bits per heavy atom. The van der Waals surface area contributed by atoms with Gasteiger partial charge in [-0.05, 0) is 42.9 Å². The molecule has 0 bridgehead atoms. The Labute approximate surface area is 107 Å². The minimum absolute atomic E-state index is 0.146. The first kappa shape index (κ1) is 12.7. The van der Waals surface area contributed by atoms with Crippen LogP contribution in [0.2, 0.25) is 0 Å². The number of ether oxygens (including phenoxy) is 2. The monoisotopic (exact) mass is 249 g/mol. The van der Waals surface area contributed by atoms with Gasteiger partial charge in [0.2, 0.25) is 5.91 Å². The van der Waals surface area contributed by atoms with Crippen LogP contribution in [-0.2, 0) is 4.79 Å². The van der Waals surface area contributed by atoms with Crippen molar-refractivity contribution in [3.63, 3.8) is 0 Å². The van der Waals surface area contributed by atoms with E-state index in [1.165, 1.54) is 0 Å². The fourth-order valence-corrected chi connectivity index (χ4v) is 2.38. The number of amides is 1. The quantitative estimate of drug-likeness (QED) is 0.839. The molecule has 4 heteroatoms. The lowest BCUT2D eigenvalue weighted by Crippen LogP contribution is -2.17. The van der Waals surface area contributed by atoms with Crippen LogP contribution in [0.1, 0.15) is 30.7 Å². The largest absolute Gasteiger partial charge is 0.497 e. The first-order chi connectivity index (χ1) is 8.65. The standard InChI is InChI=1S/C14H19NO3/c1-17-10-5-6-13(18-2)12(7-10)11(8-14(15)16)9-3-4-9/h5-7,9,11H,3-4,8H2,1-2H3,(H2,15,16). The van der Waals surface area contributed by atoms with Crippen LogP contribution in [0.4, 0.5) is 0 Å². The van der Waals surface area contributed by atoms with E-state index < -0.39 is 0 Å². The maximum Gasteiger partial charge on any atom is 0.218 e. The van der Waals surface area contributed by atoms with Crippen molar-refractivity contribution in [3.05, 3.63) is 23.8 Å². The Morgan fingerprint density at radius 2 is 2.11 bits per heavy atom. The average molecular weight is 249 g/mol. The van der Waals surface area contributed by atoms with Crippen LogP contribution in [0.25, 0.3) is 0 Å². The fraction of sp³-hybridized carbons (Fsp3) is 0.500. The van der Waals surface area contributed by atoms with E-state index in [1.54, 1.807) is 14.2 Å². The summed E-state index contributed by atoms with van der Waals surface area (Å²) >= 11 is 0. The molecule has 1 aliphatic carbocycles. The predicted octanol–water partition coefficient (Wildman–Crippen LogP) is 2.07. The summed E-state index contributed by atoms with van der Waals surface area (Å²) in [5, 5.41) is 0. The van der Waals surface area contributed by atoms with Crippen molar-refractivity contribution < 1.29 is 14.3 Å². The van der Waals surface area contributed by atoms with Gasteiger partial charge in [0.1, 0.15) is 11.5 Å². The van der Waals surface area contributed by atoms with E-state index >= 15 is 0 Å². The molecule has 1 saturated carbocycles. The zero-order valence-corrected chi connectivity index (χ0v) is 10.8. The van der Waals surface area contributed by atoms with E-state index in [4.69, 9.17) is 15.2 Å². The van der Waals surface area contributed by atoms with Gasteiger partial charge in [0.15, 0.2) is 0 Å². The third kappa shape index (κ3) is 2.75. The highest BCUT2D eigenvalue weighted by Crippen LogP contribution is 2.47. The average Bonchev–Trinajstić information content (AvgIpc) is 3.19. The van der Waals surface area contributed by atoms with Crippen molar-refractivity contribution in [2.45, 2.75) is 25.2 Å². The number of hydrogen-bond donors (Lipinski definition) is 1. The number of nitrogens with two attached hydrogens (primary N) is 1. The molecule has 1 fully saturated rings. The van der Waals surface area contributed by atoms with Crippen LogP contribution in [0, 0.1) is 5.92 Å². The van der Waals surface area contributed by atoms with Crippen molar-refractivity contribution in [2.24, 2.45) is 11.7 Å². The van der Waals surface area contributed by atoms with Crippen LogP contribution >= 0.6 is 0 Å². The summed E-state index contributed by atoms with van der Waals surface area (Å²) in [5.41, 5.74) is 6.37. The first-order valence-corrected chi connectivity index (χ1v) is 6.16. The summed E-state index contributed by atoms with van der Waals surface area (Å²) in [6, 6.07) is 5.69. The third-order valence-corrected chi connectivity index (χ3v) is 3.45. The van der Waals surface area contributed by atoms with Crippen LogP contribution in [-0.4, -0.2) is 20.1 Å². The minimum Gasteiger partial charge on any atom is -0.497 e. The van der Waals surface area contributed by atoms with Gasteiger partial charge in [-0.1, -0.05) is 0 Å². The number of methoxy groups -OCH3 is 2. The molecule has 1 atom stereocenters. The van der Waals surface area contributed by atoms with Gasteiger partial charge in [-0.2, -0.15) is 0 Å². The summed E-state index contributed by atoms with van der Waals surface area (Å²) in [7, 11) is 3.27. The molecule has 98 valence electrons. The maximum absolute atomic E-state index is 11.2. The highest BCUT2D eigenvalue weighted by molar-refractivity contribution is 5.75. The molecule has 4 nitrogen and oxygen atoms in total. The molecule has 0 spiro atoms. The number of carbonyl (C=O) groups is 1. The van der Waals surface area contributed by atoms with Gasteiger partial charge in [-0.25, -0.2) is 0 Å². The van der Waals surface area contributed by atoms with Gasteiger partial charge >= 0.3 is 0 Å². The second-order valence-electron chi connectivity index (χ2n) is 4.72. The summed E-state index contributed by atoms with van der Waals surface area (Å²) < 4.78 is 10.6. The number of carbonyl (C=O) groups excluding carboxylic acids is 1. The molecule has 0 radical (unpaired) electrons. The summed E-state index contributed by atoms with van der Waals surface area (Å²) in [6.45, 7) is 0. The van der Waals surface area contributed by atoms with E-state index in [-0.39, 0.29) is 11.8 Å². The molecule has 1 aromatic carbocycles. The molecule has 0 aliphatic heterocycles. The molecule has 1 aliphatic rings. The van der Waals surface area contributed by atoms with Gasteiger partial charge in [0, 0.05) is 12.0 Å². The van der Waals surface area contributed by atoms with Gasteiger partial charge < -0.3 is 15.2 Å². The first-order valence-electron chi connectivity index (χ1n) is 6.16. The number of benzene rings is 1. The van der Waals surface area contributed by atoms with Crippen molar-refractivity contribution in [2.75, 3.05) is 14.2 Å². The van der Waals surface area contributed by atoms with Crippen LogP contribution in [0.3, 0.4) is 0 Å². The van der Waals surface area contributed by atoms with Gasteiger partial charge in [0.25, 0.3) is 0 Å². The normalized spacial score (nSPS) is 16.1. The Hall–Kier alpha value is -1.71. The minimum atomic E-state index is -0.267. The fourth-order valence-electron chi connectivity index (χ4n) is 2.38. The zero-order valence-electron chi connectivity index (χ0n) is 10.8. The van der Waals surface area contributed by atoms with E-state index in [2.05, 4.69) is 0 Å². The highest BCUT2D eigenvalue weighted by atomic mass is 16.5. The Balaban J connectivity index is 2.34. The van der Waals surface area contributed by atoms with Gasteiger partial charge in [-0.15, -0.1) is 0 Å². The van der Waals surface area contributed by atoms with Gasteiger partial charge in [0.05, 0.1) is 14.2 Å². The maximum atomic E-state index is 11.2. The number of hydrogen-bond acceptors (Lipinski definition) is 3. The molecule has 1 unspecified atom stereocenters. The van der Waals surface area contributed by atoms with Gasteiger partial charge in [-0.3, -0.25) is 4.79 Å². The highest BCUT2D eigenvalue weighted by Gasteiger charge is 2.35. The predicted molar refractivity (Wildman–Crippen MR) is 68.8 cm³/mol. The summed E-state index contributed by atoms with van der Waals surface area (Å²) in [4.78, 5) is 11.2.